The summed E-state index contributed by atoms with van der Waals surface area (Å²) >= 11 is 0. The molecule has 0 bridgehead atoms. The molecule has 31 heavy (non-hydrogen) atoms. The lowest BCUT2D eigenvalue weighted by molar-refractivity contribution is 0.277. The Balaban J connectivity index is 1.50. The van der Waals surface area contributed by atoms with E-state index < -0.39 is 0 Å². The first kappa shape index (κ1) is 18.2. The van der Waals surface area contributed by atoms with Gasteiger partial charge in [-0.05, 0) is 60.7 Å². The molecule has 1 atom stereocenters. The Morgan fingerprint density at radius 3 is 3.00 bits per heavy atom. The van der Waals surface area contributed by atoms with E-state index in [9.17, 15) is 0 Å². The average Bonchev–Trinajstić information content (AvgIpc) is 3.56. The number of aromatic nitrogens is 4. The zero-order valence-corrected chi connectivity index (χ0v) is 17.1. The van der Waals surface area contributed by atoms with Gasteiger partial charge in [-0.1, -0.05) is 12.1 Å². The molecule has 6 rings (SSSR count). The van der Waals surface area contributed by atoms with Crippen LogP contribution >= 0.6 is 0 Å². The fraction of sp³-hybridized carbons (Fsp3) is 0.200. The molecule has 6 heteroatoms. The number of fused-ring (bicyclic) bond motifs is 2. The first-order valence-corrected chi connectivity index (χ1v) is 10.7. The maximum absolute atomic E-state index is 6.25. The molecule has 5 aromatic rings. The summed E-state index contributed by atoms with van der Waals surface area (Å²) < 4.78 is 6.25. The SMILES string of the molecule is c1cnc2c(-c3ccc4cc[nH]c4c3)c(-c3ccncc3OCC3CCCN3)[nH]c2c1. The largest absolute Gasteiger partial charge is 0.490 e. The van der Waals surface area contributed by atoms with Gasteiger partial charge in [0.05, 0.1) is 22.9 Å². The number of nitrogens with one attached hydrogen (secondary N) is 3. The van der Waals surface area contributed by atoms with E-state index in [-0.39, 0.29) is 0 Å². The lowest BCUT2D eigenvalue weighted by Gasteiger charge is -2.15. The smallest absolute Gasteiger partial charge is 0.146 e. The Morgan fingerprint density at radius 2 is 2.06 bits per heavy atom. The number of hydrogen-bond acceptors (Lipinski definition) is 4. The van der Waals surface area contributed by atoms with Gasteiger partial charge in [-0.25, -0.2) is 0 Å². The highest BCUT2D eigenvalue weighted by atomic mass is 16.5. The van der Waals surface area contributed by atoms with E-state index in [1.54, 1.807) is 6.20 Å². The number of H-pyrrole nitrogens is 2. The van der Waals surface area contributed by atoms with Gasteiger partial charge in [0.1, 0.15) is 12.4 Å². The summed E-state index contributed by atoms with van der Waals surface area (Å²) in [5.74, 6) is 0.782. The molecule has 1 fully saturated rings. The van der Waals surface area contributed by atoms with Gasteiger partial charge in [0.15, 0.2) is 0 Å². The molecule has 0 aliphatic carbocycles. The van der Waals surface area contributed by atoms with Crippen molar-refractivity contribution in [3.63, 3.8) is 0 Å². The van der Waals surface area contributed by atoms with E-state index in [2.05, 4.69) is 50.6 Å². The molecular weight excluding hydrogens is 386 g/mol. The number of ether oxygens (including phenoxy) is 1. The van der Waals surface area contributed by atoms with Crippen LogP contribution in [0.25, 0.3) is 44.3 Å². The summed E-state index contributed by atoms with van der Waals surface area (Å²) in [4.78, 5) is 15.9. The van der Waals surface area contributed by atoms with E-state index in [1.165, 1.54) is 11.8 Å². The van der Waals surface area contributed by atoms with Crippen LogP contribution in [0.1, 0.15) is 12.8 Å². The Labute approximate surface area is 179 Å². The Bertz CT molecular complexity index is 1360. The van der Waals surface area contributed by atoms with Crippen LogP contribution in [0.5, 0.6) is 5.75 Å². The molecule has 4 aromatic heterocycles. The molecule has 154 valence electrons. The fourth-order valence-electron chi connectivity index (χ4n) is 4.50. The third-order valence-electron chi connectivity index (χ3n) is 6.05. The minimum atomic E-state index is 0.396. The van der Waals surface area contributed by atoms with Crippen molar-refractivity contribution in [3.05, 3.63) is 67.3 Å². The van der Waals surface area contributed by atoms with Gasteiger partial charge in [-0.3, -0.25) is 9.97 Å². The van der Waals surface area contributed by atoms with Gasteiger partial charge in [0.25, 0.3) is 0 Å². The summed E-state index contributed by atoms with van der Waals surface area (Å²) in [6.45, 7) is 1.70. The van der Waals surface area contributed by atoms with Crippen molar-refractivity contribution in [2.24, 2.45) is 0 Å². The van der Waals surface area contributed by atoms with Crippen LogP contribution in [0.4, 0.5) is 0 Å². The van der Waals surface area contributed by atoms with Crippen molar-refractivity contribution in [3.8, 4) is 28.1 Å². The second-order valence-corrected chi connectivity index (χ2v) is 8.03. The lowest BCUT2D eigenvalue weighted by Crippen LogP contribution is -2.28. The minimum absolute atomic E-state index is 0.396. The second kappa shape index (κ2) is 7.56. The standard InChI is InChI=1S/C25H23N5O/c1-3-18(27-9-1)15-31-22-14-26-11-8-19(22)24-23(25-20(30-24)4-2-10-29-25)17-6-5-16-7-12-28-21(16)13-17/h2,4-8,10-14,18,27-28,30H,1,3,9,15H2. The van der Waals surface area contributed by atoms with Crippen LogP contribution in [-0.2, 0) is 0 Å². The quantitative estimate of drug-likeness (QED) is 0.386. The Morgan fingerprint density at radius 1 is 1.06 bits per heavy atom. The maximum Gasteiger partial charge on any atom is 0.146 e. The van der Waals surface area contributed by atoms with E-state index >= 15 is 0 Å². The minimum Gasteiger partial charge on any atom is -0.490 e. The highest BCUT2D eigenvalue weighted by molar-refractivity contribution is 6.03. The van der Waals surface area contributed by atoms with Crippen LogP contribution in [0.15, 0.2) is 67.3 Å². The predicted octanol–water partition coefficient (Wildman–Crippen LogP) is 4.90. The zero-order valence-electron chi connectivity index (χ0n) is 17.1. The maximum atomic E-state index is 6.25. The first-order chi connectivity index (χ1) is 15.4. The number of hydrogen-bond donors (Lipinski definition) is 3. The summed E-state index contributed by atoms with van der Waals surface area (Å²) in [5.41, 5.74) is 7.22. The summed E-state index contributed by atoms with van der Waals surface area (Å²) in [5, 5.41) is 4.68. The van der Waals surface area contributed by atoms with E-state index in [1.807, 2.05) is 30.7 Å². The normalized spacial score (nSPS) is 16.3. The molecule has 0 saturated carbocycles. The first-order valence-electron chi connectivity index (χ1n) is 10.7. The highest BCUT2D eigenvalue weighted by Gasteiger charge is 2.21. The van der Waals surface area contributed by atoms with E-state index in [0.29, 0.717) is 12.6 Å². The molecule has 0 radical (unpaired) electrons. The van der Waals surface area contributed by atoms with Gasteiger partial charge in [0, 0.05) is 41.3 Å². The summed E-state index contributed by atoms with van der Waals surface area (Å²) in [7, 11) is 0. The second-order valence-electron chi connectivity index (χ2n) is 8.03. The van der Waals surface area contributed by atoms with E-state index in [0.717, 1.165) is 57.6 Å². The molecule has 5 heterocycles. The molecule has 1 unspecified atom stereocenters. The molecule has 0 spiro atoms. The number of benzene rings is 1. The third-order valence-corrected chi connectivity index (χ3v) is 6.05. The van der Waals surface area contributed by atoms with Crippen molar-refractivity contribution in [1.29, 1.82) is 0 Å². The number of aromatic amines is 2. The van der Waals surface area contributed by atoms with Gasteiger partial charge in [0.2, 0.25) is 0 Å². The third kappa shape index (κ3) is 3.25. The van der Waals surface area contributed by atoms with Crippen molar-refractivity contribution in [2.75, 3.05) is 13.2 Å². The zero-order chi connectivity index (χ0) is 20.6. The van der Waals surface area contributed by atoms with Gasteiger partial charge in [-0.15, -0.1) is 0 Å². The molecule has 1 aliphatic rings. The van der Waals surface area contributed by atoms with Crippen LogP contribution in [0, 0.1) is 0 Å². The van der Waals surface area contributed by atoms with Gasteiger partial charge in [-0.2, -0.15) is 0 Å². The molecule has 1 saturated heterocycles. The Kier molecular flexibility index (Phi) is 4.43. The summed E-state index contributed by atoms with van der Waals surface area (Å²) in [6.07, 6.45) is 9.77. The molecule has 1 aromatic carbocycles. The monoisotopic (exact) mass is 409 g/mol. The molecule has 3 N–H and O–H groups in total. The van der Waals surface area contributed by atoms with Gasteiger partial charge < -0.3 is 20.0 Å². The molecule has 6 nitrogen and oxygen atoms in total. The fourth-order valence-corrected chi connectivity index (χ4v) is 4.50. The number of nitrogens with zero attached hydrogens (tertiary/aromatic N) is 2. The van der Waals surface area contributed by atoms with Crippen LogP contribution < -0.4 is 10.1 Å². The molecular formula is C25H23N5O. The van der Waals surface area contributed by atoms with Crippen LogP contribution in [0.2, 0.25) is 0 Å². The van der Waals surface area contributed by atoms with E-state index in [4.69, 9.17) is 9.72 Å². The van der Waals surface area contributed by atoms with Crippen molar-refractivity contribution in [2.45, 2.75) is 18.9 Å². The number of rotatable bonds is 5. The van der Waals surface area contributed by atoms with Crippen LogP contribution in [0.3, 0.4) is 0 Å². The van der Waals surface area contributed by atoms with Crippen molar-refractivity contribution in [1.82, 2.24) is 25.3 Å². The molecule has 1 aliphatic heterocycles. The summed E-state index contributed by atoms with van der Waals surface area (Å²) in [6, 6.07) is 15.0. The average molecular weight is 409 g/mol. The molecule has 0 amide bonds. The predicted molar refractivity (Wildman–Crippen MR) is 123 cm³/mol. The topological polar surface area (TPSA) is 78.6 Å². The number of pyridine rings is 2. The highest BCUT2D eigenvalue weighted by Crippen LogP contribution is 2.41. The Hall–Kier alpha value is -3.64. The van der Waals surface area contributed by atoms with Crippen LogP contribution in [-0.4, -0.2) is 39.1 Å². The lowest BCUT2D eigenvalue weighted by atomic mass is 9.99. The van der Waals surface area contributed by atoms with Crippen molar-refractivity contribution < 1.29 is 4.74 Å². The van der Waals surface area contributed by atoms with Gasteiger partial charge >= 0.3 is 0 Å². The van der Waals surface area contributed by atoms with Crippen molar-refractivity contribution >= 4 is 21.9 Å².